The summed E-state index contributed by atoms with van der Waals surface area (Å²) in [5.74, 6) is 1.18. The molecule has 102 valence electrons. The average Bonchev–Trinajstić information content (AvgIpc) is 2.71. The van der Waals surface area contributed by atoms with E-state index in [0.29, 0.717) is 6.04 Å². The molecule has 0 radical (unpaired) electrons. The van der Waals surface area contributed by atoms with Gasteiger partial charge in [0.2, 0.25) is 0 Å². The molecule has 1 N–H and O–H groups in total. The van der Waals surface area contributed by atoms with Crippen molar-refractivity contribution in [2.45, 2.75) is 45.2 Å². The van der Waals surface area contributed by atoms with Crippen molar-refractivity contribution in [3.8, 4) is 0 Å². The van der Waals surface area contributed by atoms with Gasteiger partial charge >= 0.3 is 0 Å². The molecule has 0 aliphatic carbocycles. The van der Waals surface area contributed by atoms with Crippen molar-refractivity contribution in [3.05, 3.63) is 18.2 Å². The van der Waals surface area contributed by atoms with Crippen LogP contribution in [0.4, 0.5) is 0 Å². The first kappa shape index (κ1) is 13.6. The van der Waals surface area contributed by atoms with Crippen LogP contribution in [0.15, 0.2) is 12.4 Å². The van der Waals surface area contributed by atoms with E-state index in [1.54, 1.807) is 0 Å². The van der Waals surface area contributed by atoms with Crippen molar-refractivity contribution in [1.29, 1.82) is 0 Å². The Kier molecular flexibility index (Phi) is 4.07. The Morgan fingerprint density at radius 3 is 2.89 bits per heavy atom. The minimum Gasteiger partial charge on any atom is -0.338 e. The smallest absolute Gasteiger partial charge is 0.109 e. The van der Waals surface area contributed by atoms with Crippen LogP contribution in [0, 0.1) is 0 Å². The summed E-state index contributed by atoms with van der Waals surface area (Å²) in [5, 5.41) is 3.63. The second-order valence-electron chi connectivity index (χ2n) is 6.00. The SMILES string of the molecule is CCC1CNC(C)(C)CN1CCc1nccn1C. The van der Waals surface area contributed by atoms with Gasteiger partial charge in [0.25, 0.3) is 0 Å². The topological polar surface area (TPSA) is 33.1 Å². The standard InChI is InChI=1S/C14H26N4/c1-5-12-10-16-14(2,3)11-18(12)8-6-13-15-7-9-17(13)4/h7,9,12,16H,5-6,8,10-11H2,1-4H3. The van der Waals surface area contributed by atoms with Gasteiger partial charge in [0.15, 0.2) is 0 Å². The van der Waals surface area contributed by atoms with Crippen LogP contribution in [-0.4, -0.2) is 45.7 Å². The third kappa shape index (κ3) is 3.12. The molecule has 2 rings (SSSR count). The van der Waals surface area contributed by atoms with Crippen LogP contribution in [0.25, 0.3) is 0 Å². The van der Waals surface area contributed by atoms with Gasteiger partial charge in [0.05, 0.1) is 0 Å². The monoisotopic (exact) mass is 250 g/mol. The third-order valence-corrected chi connectivity index (χ3v) is 3.95. The molecule has 0 bridgehead atoms. The van der Waals surface area contributed by atoms with Crippen molar-refractivity contribution < 1.29 is 0 Å². The molecule has 1 unspecified atom stereocenters. The molecule has 1 aromatic rings. The Morgan fingerprint density at radius 2 is 2.28 bits per heavy atom. The molecule has 0 saturated carbocycles. The second kappa shape index (κ2) is 5.41. The van der Waals surface area contributed by atoms with E-state index in [9.17, 15) is 0 Å². The van der Waals surface area contributed by atoms with Gasteiger partial charge in [-0.05, 0) is 20.3 Å². The molecule has 4 nitrogen and oxygen atoms in total. The van der Waals surface area contributed by atoms with Crippen LogP contribution in [0.5, 0.6) is 0 Å². The van der Waals surface area contributed by atoms with E-state index < -0.39 is 0 Å². The number of aromatic nitrogens is 2. The maximum Gasteiger partial charge on any atom is 0.109 e. The Bertz CT molecular complexity index is 383. The molecule has 18 heavy (non-hydrogen) atoms. The number of nitrogens with zero attached hydrogens (tertiary/aromatic N) is 3. The normalized spacial score (nSPS) is 24.3. The first-order valence-electron chi connectivity index (χ1n) is 6.97. The lowest BCUT2D eigenvalue weighted by atomic mass is 9.97. The first-order chi connectivity index (χ1) is 8.52. The number of hydrogen-bond donors (Lipinski definition) is 1. The zero-order chi connectivity index (χ0) is 13.2. The highest BCUT2D eigenvalue weighted by Gasteiger charge is 2.31. The maximum absolute atomic E-state index is 4.41. The predicted molar refractivity (Wildman–Crippen MR) is 74.6 cm³/mol. The number of piperazine rings is 1. The summed E-state index contributed by atoms with van der Waals surface area (Å²) in [6.45, 7) is 10.2. The lowest BCUT2D eigenvalue weighted by Gasteiger charge is -2.44. The summed E-state index contributed by atoms with van der Waals surface area (Å²) in [5.41, 5.74) is 0.229. The van der Waals surface area contributed by atoms with E-state index in [1.165, 1.54) is 12.2 Å². The minimum absolute atomic E-state index is 0.229. The minimum atomic E-state index is 0.229. The molecule has 0 amide bonds. The average molecular weight is 250 g/mol. The maximum atomic E-state index is 4.41. The van der Waals surface area contributed by atoms with Gasteiger partial charge in [-0.25, -0.2) is 4.98 Å². The fourth-order valence-corrected chi connectivity index (χ4v) is 2.76. The Balaban J connectivity index is 1.95. The van der Waals surface area contributed by atoms with Gasteiger partial charge in [-0.1, -0.05) is 6.92 Å². The summed E-state index contributed by atoms with van der Waals surface area (Å²) < 4.78 is 2.12. The Hall–Kier alpha value is -0.870. The molecule has 1 aliphatic heterocycles. The summed E-state index contributed by atoms with van der Waals surface area (Å²) in [4.78, 5) is 7.02. The molecule has 1 atom stereocenters. The van der Waals surface area contributed by atoms with Crippen molar-refractivity contribution in [1.82, 2.24) is 19.8 Å². The van der Waals surface area contributed by atoms with Crippen LogP contribution in [0.2, 0.25) is 0 Å². The highest BCUT2D eigenvalue weighted by Crippen LogP contribution is 2.17. The lowest BCUT2D eigenvalue weighted by Crippen LogP contribution is -2.61. The van der Waals surface area contributed by atoms with Crippen LogP contribution >= 0.6 is 0 Å². The van der Waals surface area contributed by atoms with Gasteiger partial charge in [-0.15, -0.1) is 0 Å². The van der Waals surface area contributed by atoms with Crippen LogP contribution in [-0.2, 0) is 13.5 Å². The number of aryl methyl sites for hydroxylation is 1. The van der Waals surface area contributed by atoms with E-state index >= 15 is 0 Å². The molecular formula is C14H26N4. The van der Waals surface area contributed by atoms with E-state index in [1.807, 2.05) is 12.4 Å². The van der Waals surface area contributed by atoms with Crippen molar-refractivity contribution >= 4 is 0 Å². The predicted octanol–water partition coefficient (Wildman–Crippen LogP) is 1.42. The zero-order valence-corrected chi connectivity index (χ0v) is 12.1. The molecular weight excluding hydrogens is 224 g/mol. The summed E-state index contributed by atoms with van der Waals surface area (Å²) in [6, 6.07) is 0.665. The molecule has 1 saturated heterocycles. The third-order valence-electron chi connectivity index (χ3n) is 3.95. The van der Waals surface area contributed by atoms with Gasteiger partial charge < -0.3 is 9.88 Å². The van der Waals surface area contributed by atoms with E-state index in [2.05, 4.69) is 47.6 Å². The van der Waals surface area contributed by atoms with Crippen molar-refractivity contribution in [2.75, 3.05) is 19.6 Å². The Labute approximate surface area is 110 Å². The largest absolute Gasteiger partial charge is 0.338 e. The highest BCUT2D eigenvalue weighted by atomic mass is 15.2. The van der Waals surface area contributed by atoms with Crippen molar-refractivity contribution in [3.63, 3.8) is 0 Å². The lowest BCUT2D eigenvalue weighted by molar-refractivity contribution is 0.0932. The van der Waals surface area contributed by atoms with Gasteiger partial charge in [0.1, 0.15) is 5.82 Å². The molecule has 4 heteroatoms. The summed E-state index contributed by atoms with van der Waals surface area (Å²) >= 11 is 0. The fraction of sp³-hybridized carbons (Fsp3) is 0.786. The van der Waals surface area contributed by atoms with Gasteiger partial charge in [-0.2, -0.15) is 0 Å². The molecule has 1 aliphatic rings. The quantitative estimate of drug-likeness (QED) is 0.877. The van der Waals surface area contributed by atoms with Gasteiger partial charge in [0, 0.05) is 57.1 Å². The van der Waals surface area contributed by atoms with Crippen LogP contribution in [0.3, 0.4) is 0 Å². The highest BCUT2D eigenvalue weighted by molar-refractivity contribution is 4.95. The summed E-state index contributed by atoms with van der Waals surface area (Å²) in [6.07, 6.45) is 6.16. The first-order valence-corrected chi connectivity index (χ1v) is 6.97. The van der Waals surface area contributed by atoms with Crippen LogP contribution in [0.1, 0.15) is 33.0 Å². The van der Waals surface area contributed by atoms with E-state index in [4.69, 9.17) is 0 Å². The van der Waals surface area contributed by atoms with Crippen molar-refractivity contribution in [2.24, 2.45) is 7.05 Å². The van der Waals surface area contributed by atoms with E-state index in [0.717, 1.165) is 26.1 Å². The fourth-order valence-electron chi connectivity index (χ4n) is 2.76. The summed E-state index contributed by atoms with van der Waals surface area (Å²) in [7, 11) is 2.07. The molecule has 1 fully saturated rings. The Morgan fingerprint density at radius 1 is 1.50 bits per heavy atom. The number of hydrogen-bond acceptors (Lipinski definition) is 3. The van der Waals surface area contributed by atoms with Crippen LogP contribution < -0.4 is 5.32 Å². The second-order valence-corrected chi connectivity index (χ2v) is 6.00. The number of nitrogens with one attached hydrogen (secondary N) is 1. The molecule has 0 spiro atoms. The molecule has 2 heterocycles. The number of rotatable bonds is 4. The molecule has 1 aromatic heterocycles. The number of imidazole rings is 1. The molecule has 0 aromatic carbocycles. The van der Waals surface area contributed by atoms with Gasteiger partial charge in [-0.3, -0.25) is 4.90 Å². The van der Waals surface area contributed by atoms with E-state index in [-0.39, 0.29) is 5.54 Å². The zero-order valence-electron chi connectivity index (χ0n) is 12.1.